The molecule has 0 spiro atoms. The third-order valence-corrected chi connectivity index (χ3v) is 4.09. The summed E-state index contributed by atoms with van der Waals surface area (Å²) in [6, 6.07) is 1.73. The van der Waals surface area contributed by atoms with Crippen LogP contribution in [-0.4, -0.2) is 47.1 Å². The van der Waals surface area contributed by atoms with Crippen molar-refractivity contribution in [3.05, 3.63) is 23.4 Å². The van der Waals surface area contributed by atoms with Crippen LogP contribution in [-0.2, 0) is 0 Å². The van der Waals surface area contributed by atoms with Crippen LogP contribution in [0.5, 0.6) is 0 Å². The number of carboxylic acids is 1. The highest BCUT2D eigenvalue weighted by Gasteiger charge is 2.19. The quantitative estimate of drug-likeness (QED) is 0.864. The SMILES string of the molecule is CCN1CCC(CNc2nccc(C)c2C(=O)O)CC1. The van der Waals surface area contributed by atoms with Gasteiger partial charge in [0.05, 0.1) is 0 Å². The summed E-state index contributed by atoms with van der Waals surface area (Å²) in [7, 11) is 0. The van der Waals surface area contributed by atoms with Crippen molar-refractivity contribution in [1.29, 1.82) is 0 Å². The zero-order valence-electron chi connectivity index (χ0n) is 12.2. The minimum Gasteiger partial charge on any atom is -0.478 e. The lowest BCUT2D eigenvalue weighted by atomic mass is 9.96. The van der Waals surface area contributed by atoms with Gasteiger partial charge in [-0.05, 0) is 56.9 Å². The summed E-state index contributed by atoms with van der Waals surface area (Å²) in [6.07, 6.45) is 3.98. The third kappa shape index (κ3) is 3.48. The third-order valence-electron chi connectivity index (χ3n) is 4.09. The van der Waals surface area contributed by atoms with Crippen LogP contribution in [0.15, 0.2) is 12.3 Å². The Morgan fingerprint density at radius 2 is 2.20 bits per heavy atom. The van der Waals surface area contributed by atoms with Crippen molar-refractivity contribution in [2.75, 3.05) is 31.5 Å². The van der Waals surface area contributed by atoms with Crippen LogP contribution < -0.4 is 5.32 Å². The molecule has 1 aromatic rings. The van der Waals surface area contributed by atoms with Gasteiger partial charge in [0.15, 0.2) is 0 Å². The molecular weight excluding hydrogens is 254 g/mol. The van der Waals surface area contributed by atoms with E-state index in [0.29, 0.717) is 17.3 Å². The van der Waals surface area contributed by atoms with Crippen molar-refractivity contribution in [1.82, 2.24) is 9.88 Å². The average molecular weight is 277 g/mol. The summed E-state index contributed by atoms with van der Waals surface area (Å²) in [5.41, 5.74) is 1.04. The second-order valence-corrected chi connectivity index (χ2v) is 5.42. The fourth-order valence-electron chi connectivity index (χ4n) is 2.71. The minimum absolute atomic E-state index is 0.290. The zero-order valence-corrected chi connectivity index (χ0v) is 12.2. The molecule has 110 valence electrons. The Hall–Kier alpha value is -1.62. The first-order valence-electron chi connectivity index (χ1n) is 7.27. The van der Waals surface area contributed by atoms with Gasteiger partial charge in [-0.1, -0.05) is 6.92 Å². The standard InChI is InChI=1S/C15H23N3O2/c1-3-18-8-5-12(6-9-18)10-17-14-13(15(19)20)11(2)4-7-16-14/h4,7,12H,3,5-6,8-10H2,1-2H3,(H,16,17)(H,19,20). The molecule has 0 bridgehead atoms. The van der Waals surface area contributed by atoms with E-state index < -0.39 is 5.97 Å². The van der Waals surface area contributed by atoms with E-state index in [1.54, 1.807) is 19.2 Å². The average Bonchev–Trinajstić information content (AvgIpc) is 2.45. The number of aromatic carboxylic acids is 1. The van der Waals surface area contributed by atoms with E-state index in [0.717, 1.165) is 44.6 Å². The monoisotopic (exact) mass is 277 g/mol. The molecule has 1 saturated heterocycles. The van der Waals surface area contributed by atoms with Gasteiger partial charge in [0.2, 0.25) is 0 Å². The molecule has 0 aliphatic carbocycles. The molecule has 2 N–H and O–H groups in total. The molecule has 0 radical (unpaired) electrons. The van der Waals surface area contributed by atoms with E-state index in [1.807, 2.05) is 0 Å². The van der Waals surface area contributed by atoms with Crippen molar-refractivity contribution in [2.45, 2.75) is 26.7 Å². The number of nitrogens with one attached hydrogen (secondary N) is 1. The van der Waals surface area contributed by atoms with Gasteiger partial charge in [0.1, 0.15) is 11.4 Å². The van der Waals surface area contributed by atoms with Crippen LogP contribution in [0.3, 0.4) is 0 Å². The molecule has 0 unspecified atom stereocenters. The Balaban J connectivity index is 1.95. The Labute approximate surface area is 120 Å². The fraction of sp³-hybridized carbons (Fsp3) is 0.600. The molecule has 5 nitrogen and oxygen atoms in total. The van der Waals surface area contributed by atoms with Gasteiger partial charge >= 0.3 is 5.97 Å². The predicted molar refractivity (Wildman–Crippen MR) is 79.3 cm³/mol. The molecule has 20 heavy (non-hydrogen) atoms. The molecule has 0 aromatic carbocycles. The van der Waals surface area contributed by atoms with Crippen molar-refractivity contribution >= 4 is 11.8 Å². The lowest BCUT2D eigenvalue weighted by Gasteiger charge is -2.31. The molecule has 2 heterocycles. The number of pyridine rings is 1. The number of anilines is 1. The summed E-state index contributed by atoms with van der Waals surface area (Å²) < 4.78 is 0. The number of carbonyl (C=O) groups is 1. The van der Waals surface area contributed by atoms with Gasteiger partial charge in [0, 0.05) is 12.7 Å². The van der Waals surface area contributed by atoms with Crippen LogP contribution >= 0.6 is 0 Å². The zero-order chi connectivity index (χ0) is 14.5. The van der Waals surface area contributed by atoms with Crippen LogP contribution in [0.4, 0.5) is 5.82 Å². The Morgan fingerprint density at radius 1 is 1.50 bits per heavy atom. The van der Waals surface area contributed by atoms with Gasteiger partial charge in [-0.2, -0.15) is 0 Å². The molecule has 0 saturated carbocycles. The first-order valence-corrected chi connectivity index (χ1v) is 7.27. The number of nitrogens with zero attached hydrogens (tertiary/aromatic N) is 2. The summed E-state index contributed by atoms with van der Waals surface area (Å²) in [5, 5.41) is 12.5. The highest BCUT2D eigenvalue weighted by atomic mass is 16.4. The Morgan fingerprint density at radius 3 is 2.80 bits per heavy atom. The molecule has 0 atom stereocenters. The molecule has 1 aliphatic rings. The van der Waals surface area contributed by atoms with Gasteiger partial charge in [0.25, 0.3) is 0 Å². The van der Waals surface area contributed by atoms with Crippen LogP contribution in [0, 0.1) is 12.8 Å². The van der Waals surface area contributed by atoms with Crippen molar-refractivity contribution in [3.63, 3.8) is 0 Å². The highest BCUT2D eigenvalue weighted by Crippen LogP contribution is 2.20. The van der Waals surface area contributed by atoms with E-state index in [-0.39, 0.29) is 0 Å². The Kier molecular flexibility index (Phi) is 4.95. The maximum absolute atomic E-state index is 11.3. The Bertz CT molecular complexity index is 468. The first-order chi connectivity index (χ1) is 9.61. The van der Waals surface area contributed by atoms with E-state index >= 15 is 0 Å². The summed E-state index contributed by atoms with van der Waals surface area (Å²) >= 11 is 0. The summed E-state index contributed by atoms with van der Waals surface area (Å²) in [6.45, 7) is 8.17. The van der Waals surface area contributed by atoms with Crippen LogP contribution in [0.1, 0.15) is 35.7 Å². The second kappa shape index (κ2) is 6.70. The molecule has 0 amide bonds. The topological polar surface area (TPSA) is 65.5 Å². The van der Waals surface area contributed by atoms with E-state index in [9.17, 15) is 9.90 Å². The number of hydrogen-bond acceptors (Lipinski definition) is 4. The highest BCUT2D eigenvalue weighted by molar-refractivity contribution is 5.94. The van der Waals surface area contributed by atoms with Crippen molar-refractivity contribution < 1.29 is 9.90 Å². The largest absolute Gasteiger partial charge is 0.478 e. The van der Waals surface area contributed by atoms with Gasteiger partial charge in [-0.3, -0.25) is 0 Å². The molecule has 1 fully saturated rings. The van der Waals surface area contributed by atoms with E-state index in [2.05, 4.69) is 22.1 Å². The lowest BCUT2D eigenvalue weighted by Crippen LogP contribution is -2.35. The lowest BCUT2D eigenvalue weighted by molar-refractivity contribution is 0.0696. The summed E-state index contributed by atoms with van der Waals surface area (Å²) in [5.74, 6) is 0.177. The van der Waals surface area contributed by atoms with Crippen molar-refractivity contribution in [2.24, 2.45) is 5.92 Å². The van der Waals surface area contributed by atoms with Gasteiger partial charge in [-0.25, -0.2) is 9.78 Å². The number of rotatable bonds is 5. The van der Waals surface area contributed by atoms with Crippen LogP contribution in [0.25, 0.3) is 0 Å². The number of aromatic nitrogens is 1. The molecule has 2 rings (SSSR count). The number of carboxylic acid groups (broad SMARTS) is 1. The predicted octanol–water partition coefficient (Wildman–Crippen LogP) is 2.23. The number of aryl methyl sites for hydroxylation is 1. The molecule has 1 aromatic heterocycles. The number of hydrogen-bond donors (Lipinski definition) is 2. The molecule has 1 aliphatic heterocycles. The number of likely N-dealkylation sites (tertiary alicyclic amines) is 1. The smallest absolute Gasteiger partial charge is 0.339 e. The first kappa shape index (κ1) is 14.8. The summed E-state index contributed by atoms with van der Waals surface area (Å²) in [4.78, 5) is 17.9. The maximum atomic E-state index is 11.3. The van der Waals surface area contributed by atoms with E-state index in [4.69, 9.17) is 0 Å². The minimum atomic E-state index is -0.918. The van der Waals surface area contributed by atoms with Gasteiger partial charge < -0.3 is 15.3 Å². The number of piperidine rings is 1. The van der Waals surface area contributed by atoms with Crippen LogP contribution in [0.2, 0.25) is 0 Å². The van der Waals surface area contributed by atoms with E-state index in [1.165, 1.54) is 0 Å². The second-order valence-electron chi connectivity index (χ2n) is 5.42. The van der Waals surface area contributed by atoms with Crippen molar-refractivity contribution in [3.8, 4) is 0 Å². The molecular formula is C15H23N3O2. The molecule has 5 heteroatoms. The normalized spacial score (nSPS) is 17.1. The van der Waals surface area contributed by atoms with Gasteiger partial charge in [-0.15, -0.1) is 0 Å². The fourth-order valence-corrected chi connectivity index (χ4v) is 2.71. The maximum Gasteiger partial charge on any atom is 0.339 e.